The summed E-state index contributed by atoms with van der Waals surface area (Å²) in [5.41, 5.74) is 2.34. The second-order valence-electron chi connectivity index (χ2n) is 8.07. The van der Waals surface area contributed by atoms with Crippen LogP contribution in [0.4, 0.5) is 10.5 Å². The number of imidazole rings is 1. The lowest BCUT2D eigenvalue weighted by Crippen LogP contribution is -2.48. The first-order valence-electron chi connectivity index (χ1n) is 9.64. The fraction of sp³-hybridized carbons (Fsp3) is 0.476. The van der Waals surface area contributed by atoms with Crippen LogP contribution in [-0.2, 0) is 22.4 Å². The molecule has 0 unspecified atom stereocenters. The molecule has 1 aliphatic heterocycles. The molecule has 0 fully saturated rings. The van der Waals surface area contributed by atoms with Gasteiger partial charge in [-0.3, -0.25) is 9.69 Å². The van der Waals surface area contributed by atoms with Crippen molar-refractivity contribution in [2.45, 2.75) is 65.1 Å². The van der Waals surface area contributed by atoms with E-state index >= 15 is 0 Å². The molecule has 2 N–H and O–H groups in total. The summed E-state index contributed by atoms with van der Waals surface area (Å²) in [6.45, 7) is 9.08. The zero-order valence-corrected chi connectivity index (χ0v) is 17.1. The van der Waals surface area contributed by atoms with E-state index in [9.17, 15) is 9.59 Å². The standard InChI is InChI=1S/C21H28N4O3/c1-6-15-12-22-18(24-15)17-11-14-9-7-8-10-16(14)25(17)19(26)13(2)23-20(27)28-21(3,4)5/h7-10,12-13,17H,6,11H2,1-5H3,(H,22,24)(H,23,27)/t13-,17+/m0/s1. The summed E-state index contributed by atoms with van der Waals surface area (Å²) < 4.78 is 5.28. The van der Waals surface area contributed by atoms with Gasteiger partial charge in [-0.25, -0.2) is 9.78 Å². The van der Waals surface area contributed by atoms with Crippen LogP contribution in [-0.4, -0.2) is 33.6 Å². The van der Waals surface area contributed by atoms with Crippen molar-refractivity contribution in [2.24, 2.45) is 0 Å². The molecule has 1 aromatic carbocycles. The van der Waals surface area contributed by atoms with Crippen molar-refractivity contribution in [1.82, 2.24) is 15.3 Å². The van der Waals surface area contributed by atoms with Gasteiger partial charge in [-0.2, -0.15) is 0 Å². The Morgan fingerprint density at radius 2 is 2.07 bits per heavy atom. The fourth-order valence-electron chi connectivity index (χ4n) is 3.36. The Morgan fingerprint density at radius 3 is 2.71 bits per heavy atom. The number of carbonyl (C=O) groups excluding carboxylic acids is 2. The number of rotatable bonds is 4. The van der Waals surface area contributed by atoms with Gasteiger partial charge < -0.3 is 15.0 Å². The number of carbonyl (C=O) groups is 2. The van der Waals surface area contributed by atoms with Crippen molar-refractivity contribution >= 4 is 17.7 Å². The number of para-hydroxylation sites is 1. The Labute approximate surface area is 165 Å². The molecule has 0 saturated carbocycles. The van der Waals surface area contributed by atoms with Crippen LogP contribution in [0.15, 0.2) is 30.5 Å². The smallest absolute Gasteiger partial charge is 0.408 e. The number of nitrogens with zero attached hydrogens (tertiary/aromatic N) is 2. The molecule has 0 bridgehead atoms. The van der Waals surface area contributed by atoms with Crippen molar-refractivity contribution in [3.05, 3.63) is 47.5 Å². The first kappa shape index (κ1) is 19.9. The number of ether oxygens (including phenoxy) is 1. The second kappa shape index (κ2) is 7.66. The van der Waals surface area contributed by atoms with Crippen LogP contribution in [0.25, 0.3) is 0 Å². The maximum Gasteiger partial charge on any atom is 0.408 e. The van der Waals surface area contributed by atoms with E-state index < -0.39 is 17.7 Å². The predicted molar refractivity (Wildman–Crippen MR) is 107 cm³/mol. The lowest BCUT2D eigenvalue weighted by Gasteiger charge is -2.28. The number of aromatic nitrogens is 2. The first-order valence-corrected chi connectivity index (χ1v) is 9.64. The Bertz CT molecular complexity index is 869. The Morgan fingerprint density at radius 1 is 1.36 bits per heavy atom. The van der Waals surface area contributed by atoms with E-state index in [1.807, 2.05) is 30.5 Å². The molecule has 0 saturated heterocycles. The van der Waals surface area contributed by atoms with Crippen LogP contribution in [0, 0.1) is 0 Å². The fourth-order valence-corrected chi connectivity index (χ4v) is 3.36. The van der Waals surface area contributed by atoms with Crippen molar-refractivity contribution in [3.8, 4) is 0 Å². The monoisotopic (exact) mass is 384 g/mol. The Hall–Kier alpha value is -2.83. The Balaban J connectivity index is 1.84. The molecule has 1 aromatic heterocycles. The number of hydrogen-bond acceptors (Lipinski definition) is 4. The summed E-state index contributed by atoms with van der Waals surface area (Å²) in [6.07, 6.45) is 2.72. The molecule has 0 aliphatic carbocycles. The zero-order valence-electron chi connectivity index (χ0n) is 17.1. The minimum Gasteiger partial charge on any atom is -0.444 e. The zero-order chi connectivity index (χ0) is 20.5. The molecule has 2 atom stereocenters. The Kier molecular flexibility index (Phi) is 5.45. The third-order valence-electron chi connectivity index (χ3n) is 4.66. The third-order valence-corrected chi connectivity index (χ3v) is 4.66. The molecule has 0 radical (unpaired) electrons. The normalized spacial score (nSPS) is 17.2. The van der Waals surface area contributed by atoms with Crippen LogP contribution < -0.4 is 10.2 Å². The third kappa shape index (κ3) is 4.18. The van der Waals surface area contributed by atoms with Gasteiger partial charge in [0.1, 0.15) is 17.5 Å². The summed E-state index contributed by atoms with van der Waals surface area (Å²) in [4.78, 5) is 34.9. The largest absolute Gasteiger partial charge is 0.444 e. The van der Waals surface area contributed by atoms with Crippen molar-refractivity contribution in [1.29, 1.82) is 0 Å². The SMILES string of the molecule is CCc1cnc([C@H]2Cc3ccccc3N2C(=O)[C@H](C)NC(=O)OC(C)(C)C)[nH]1. The molecule has 7 nitrogen and oxygen atoms in total. The van der Waals surface area contributed by atoms with Crippen LogP contribution >= 0.6 is 0 Å². The summed E-state index contributed by atoms with van der Waals surface area (Å²) >= 11 is 0. The molecule has 2 heterocycles. The number of aromatic amines is 1. The molecule has 7 heteroatoms. The number of alkyl carbamates (subject to hydrolysis) is 1. The van der Waals surface area contributed by atoms with Gasteiger partial charge in [0, 0.05) is 24.0 Å². The van der Waals surface area contributed by atoms with E-state index in [1.165, 1.54) is 0 Å². The number of fused-ring (bicyclic) bond motifs is 1. The van der Waals surface area contributed by atoms with Crippen molar-refractivity contribution in [3.63, 3.8) is 0 Å². The van der Waals surface area contributed by atoms with Gasteiger partial charge in [-0.1, -0.05) is 25.1 Å². The summed E-state index contributed by atoms with van der Waals surface area (Å²) in [5, 5.41) is 2.65. The molecule has 2 amide bonds. The second-order valence-corrected chi connectivity index (χ2v) is 8.07. The molecule has 150 valence electrons. The maximum atomic E-state index is 13.3. The van der Waals surface area contributed by atoms with E-state index in [1.54, 1.807) is 32.6 Å². The average Bonchev–Trinajstić information content (AvgIpc) is 3.23. The maximum absolute atomic E-state index is 13.3. The van der Waals surface area contributed by atoms with Crippen molar-refractivity contribution < 1.29 is 14.3 Å². The van der Waals surface area contributed by atoms with Gasteiger partial charge in [-0.15, -0.1) is 0 Å². The first-order chi connectivity index (χ1) is 13.2. The van der Waals surface area contributed by atoms with Crippen molar-refractivity contribution in [2.75, 3.05) is 4.90 Å². The lowest BCUT2D eigenvalue weighted by molar-refractivity contribution is -0.120. The highest BCUT2D eigenvalue weighted by Crippen LogP contribution is 2.39. The highest BCUT2D eigenvalue weighted by atomic mass is 16.6. The van der Waals surface area contributed by atoms with E-state index in [0.29, 0.717) is 6.42 Å². The molecule has 1 aliphatic rings. The lowest BCUT2D eigenvalue weighted by atomic mass is 10.1. The van der Waals surface area contributed by atoms with Gasteiger partial charge in [-0.05, 0) is 45.7 Å². The van der Waals surface area contributed by atoms with Gasteiger partial charge in [0.15, 0.2) is 0 Å². The summed E-state index contributed by atoms with van der Waals surface area (Å²) in [6, 6.07) is 6.86. The number of benzene rings is 1. The summed E-state index contributed by atoms with van der Waals surface area (Å²) in [7, 11) is 0. The summed E-state index contributed by atoms with van der Waals surface area (Å²) in [5.74, 6) is 0.557. The van der Waals surface area contributed by atoms with E-state index in [0.717, 1.165) is 29.2 Å². The van der Waals surface area contributed by atoms with Crippen LogP contribution in [0.3, 0.4) is 0 Å². The van der Waals surface area contributed by atoms with E-state index in [-0.39, 0.29) is 11.9 Å². The topological polar surface area (TPSA) is 87.3 Å². The van der Waals surface area contributed by atoms with Gasteiger partial charge in [0.2, 0.25) is 5.91 Å². The van der Waals surface area contributed by atoms with Gasteiger partial charge >= 0.3 is 6.09 Å². The number of nitrogens with one attached hydrogen (secondary N) is 2. The quantitative estimate of drug-likeness (QED) is 0.844. The van der Waals surface area contributed by atoms with Gasteiger partial charge in [0.05, 0.1) is 6.04 Å². The minimum absolute atomic E-state index is 0.199. The number of hydrogen-bond donors (Lipinski definition) is 2. The van der Waals surface area contributed by atoms with E-state index in [4.69, 9.17) is 4.74 Å². The van der Waals surface area contributed by atoms with Crippen LogP contribution in [0.5, 0.6) is 0 Å². The highest BCUT2D eigenvalue weighted by Gasteiger charge is 2.38. The highest BCUT2D eigenvalue weighted by molar-refractivity contribution is 6.00. The predicted octanol–water partition coefficient (Wildman–Crippen LogP) is 3.52. The van der Waals surface area contributed by atoms with Gasteiger partial charge in [0.25, 0.3) is 0 Å². The average molecular weight is 384 g/mol. The molecule has 2 aromatic rings. The molecular weight excluding hydrogens is 356 g/mol. The number of H-pyrrole nitrogens is 1. The van der Waals surface area contributed by atoms with Crippen LogP contribution in [0.2, 0.25) is 0 Å². The van der Waals surface area contributed by atoms with E-state index in [2.05, 4.69) is 22.2 Å². The molecular formula is C21H28N4O3. The minimum atomic E-state index is -0.732. The van der Waals surface area contributed by atoms with Crippen LogP contribution in [0.1, 0.15) is 57.7 Å². The number of amides is 2. The molecule has 28 heavy (non-hydrogen) atoms. The number of anilines is 1. The molecule has 3 rings (SSSR count). The molecule has 0 spiro atoms. The number of aryl methyl sites for hydroxylation is 1.